The average molecular weight is 473 g/mol. The molecule has 0 N–H and O–H groups in total. The highest BCUT2D eigenvalue weighted by Gasteiger charge is 2.20. The van der Waals surface area contributed by atoms with Crippen LogP contribution in [0.3, 0.4) is 0 Å². The summed E-state index contributed by atoms with van der Waals surface area (Å²) < 4.78 is 20.2. The number of carbonyl (C=O) groups is 1. The topological polar surface area (TPSA) is 80.4 Å². The van der Waals surface area contributed by atoms with Crippen LogP contribution in [0.4, 0.5) is 0 Å². The molecule has 0 spiro atoms. The lowest BCUT2D eigenvalue weighted by molar-refractivity contribution is 0.102. The highest BCUT2D eigenvalue weighted by atomic mass is 32.2. The third-order valence-corrected chi connectivity index (χ3v) is 6.58. The smallest absolute Gasteiger partial charge is 0.191 e. The van der Waals surface area contributed by atoms with Gasteiger partial charge in [-0.05, 0) is 51.5 Å². The molecular weight excluding hydrogens is 440 g/mol. The van der Waals surface area contributed by atoms with Crippen molar-refractivity contribution in [3.8, 4) is 22.9 Å². The molecule has 0 amide bonds. The second kappa shape index (κ2) is 11.4. The molecule has 178 valence electrons. The van der Waals surface area contributed by atoms with Gasteiger partial charge in [0.2, 0.25) is 0 Å². The van der Waals surface area contributed by atoms with Crippen LogP contribution in [0.25, 0.3) is 11.4 Å². The van der Waals surface area contributed by atoms with Crippen LogP contribution >= 0.6 is 11.8 Å². The zero-order valence-corrected chi connectivity index (χ0v) is 21.0. The Morgan fingerprint density at radius 3 is 2.42 bits per heavy atom. The summed E-state index contributed by atoms with van der Waals surface area (Å²) in [5.41, 5.74) is 3.74. The van der Waals surface area contributed by atoms with Crippen LogP contribution in [0.15, 0.2) is 29.4 Å². The van der Waals surface area contributed by atoms with Crippen molar-refractivity contribution in [2.45, 2.75) is 45.4 Å². The molecule has 0 aliphatic rings. The SMILES string of the molecule is CCn1c(C)cc(C(=O)CSc2nnc(-c3ccc(OC)c(OC)c3)n2CCCOC)c1C. The Balaban J connectivity index is 1.86. The van der Waals surface area contributed by atoms with E-state index in [2.05, 4.69) is 21.7 Å². The van der Waals surface area contributed by atoms with E-state index in [9.17, 15) is 4.79 Å². The minimum atomic E-state index is 0.0897. The van der Waals surface area contributed by atoms with E-state index in [-0.39, 0.29) is 5.78 Å². The van der Waals surface area contributed by atoms with Crippen LogP contribution in [0.1, 0.15) is 35.1 Å². The maximum absolute atomic E-state index is 13.0. The van der Waals surface area contributed by atoms with E-state index >= 15 is 0 Å². The summed E-state index contributed by atoms with van der Waals surface area (Å²) in [6, 6.07) is 7.63. The van der Waals surface area contributed by atoms with Gasteiger partial charge in [-0.15, -0.1) is 10.2 Å². The summed E-state index contributed by atoms with van der Waals surface area (Å²) in [5, 5.41) is 9.54. The number of benzene rings is 1. The highest BCUT2D eigenvalue weighted by molar-refractivity contribution is 7.99. The zero-order valence-electron chi connectivity index (χ0n) is 20.2. The van der Waals surface area contributed by atoms with Gasteiger partial charge in [0.05, 0.1) is 20.0 Å². The van der Waals surface area contributed by atoms with Gasteiger partial charge < -0.3 is 23.3 Å². The van der Waals surface area contributed by atoms with E-state index in [1.165, 1.54) is 11.8 Å². The number of aromatic nitrogens is 4. The van der Waals surface area contributed by atoms with Crippen molar-refractivity contribution in [2.75, 3.05) is 33.7 Å². The number of thioether (sulfide) groups is 1. The molecule has 0 aliphatic carbocycles. The van der Waals surface area contributed by atoms with Crippen LogP contribution < -0.4 is 9.47 Å². The maximum Gasteiger partial charge on any atom is 0.191 e. The number of Topliss-reactive ketones (excluding diaryl/α,β-unsaturated/α-hetero) is 1. The van der Waals surface area contributed by atoms with E-state index in [4.69, 9.17) is 14.2 Å². The van der Waals surface area contributed by atoms with Crippen molar-refractivity contribution >= 4 is 17.5 Å². The summed E-state index contributed by atoms with van der Waals surface area (Å²) in [6.45, 7) is 8.25. The van der Waals surface area contributed by atoms with Gasteiger partial charge in [0.1, 0.15) is 0 Å². The molecule has 0 atom stereocenters. The number of hydrogen-bond acceptors (Lipinski definition) is 7. The van der Waals surface area contributed by atoms with Crippen LogP contribution in [-0.2, 0) is 17.8 Å². The van der Waals surface area contributed by atoms with Gasteiger partial charge in [-0.2, -0.15) is 0 Å². The number of rotatable bonds is 12. The Kier molecular flexibility index (Phi) is 8.57. The molecule has 0 unspecified atom stereocenters. The van der Waals surface area contributed by atoms with Gasteiger partial charge in [0.15, 0.2) is 28.3 Å². The summed E-state index contributed by atoms with van der Waals surface area (Å²) in [5.74, 6) is 2.37. The molecule has 0 fully saturated rings. The first-order valence-electron chi connectivity index (χ1n) is 10.9. The molecular formula is C24H32N4O4S. The molecule has 1 aromatic carbocycles. The van der Waals surface area contributed by atoms with E-state index in [0.717, 1.165) is 35.5 Å². The van der Waals surface area contributed by atoms with Gasteiger partial charge in [-0.1, -0.05) is 11.8 Å². The number of methoxy groups -OCH3 is 3. The van der Waals surface area contributed by atoms with E-state index in [1.54, 1.807) is 21.3 Å². The molecule has 9 heteroatoms. The first kappa shape index (κ1) is 24.9. The summed E-state index contributed by atoms with van der Waals surface area (Å²) in [7, 11) is 4.89. The lowest BCUT2D eigenvalue weighted by Crippen LogP contribution is -2.08. The fraction of sp³-hybridized carbons (Fsp3) is 0.458. The predicted molar refractivity (Wildman–Crippen MR) is 130 cm³/mol. The van der Waals surface area contributed by atoms with Crippen molar-refractivity contribution < 1.29 is 19.0 Å². The lowest BCUT2D eigenvalue weighted by Gasteiger charge is -2.12. The largest absolute Gasteiger partial charge is 0.493 e. The number of ketones is 1. The highest BCUT2D eigenvalue weighted by Crippen LogP contribution is 2.33. The van der Waals surface area contributed by atoms with Gasteiger partial charge in [-0.25, -0.2) is 0 Å². The molecule has 2 aromatic heterocycles. The Bertz CT molecular complexity index is 1110. The average Bonchev–Trinajstić information content (AvgIpc) is 3.36. The van der Waals surface area contributed by atoms with Crippen molar-refractivity contribution in [1.82, 2.24) is 19.3 Å². The molecule has 0 radical (unpaired) electrons. The second-order valence-electron chi connectivity index (χ2n) is 7.61. The third kappa shape index (κ3) is 5.42. The minimum Gasteiger partial charge on any atom is -0.493 e. The fourth-order valence-corrected chi connectivity index (χ4v) is 4.78. The van der Waals surface area contributed by atoms with Crippen LogP contribution in [0.2, 0.25) is 0 Å². The third-order valence-electron chi connectivity index (χ3n) is 5.61. The van der Waals surface area contributed by atoms with E-state index in [1.807, 2.05) is 42.7 Å². The van der Waals surface area contributed by atoms with Crippen LogP contribution in [0, 0.1) is 13.8 Å². The molecule has 0 aliphatic heterocycles. The standard InChI is InChI=1S/C24H32N4O4S/c1-7-27-16(2)13-19(17(27)3)20(29)15-33-24-26-25-23(28(24)11-8-12-30-4)18-9-10-21(31-5)22(14-18)32-6/h9-10,13-14H,7-8,11-12,15H2,1-6H3. The quantitative estimate of drug-likeness (QED) is 0.219. The minimum absolute atomic E-state index is 0.0897. The van der Waals surface area contributed by atoms with E-state index in [0.29, 0.717) is 41.4 Å². The van der Waals surface area contributed by atoms with Gasteiger partial charge in [-0.3, -0.25) is 4.79 Å². The molecule has 0 saturated carbocycles. The fourth-order valence-electron chi connectivity index (χ4n) is 3.93. The monoisotopic (exact) mass is 472 g/mol. The van der Waals surface area contributed by atoms with Crippen molar-refractivity contribution in [3.05, 3.63) is 41.2 Å². The molecule has 33 heavy (non-hydrogen) atoms. The molecule has 8 nitrogen and oxygen atoms in total. The Hall–Kier alpha value is -2.78. The number of carbonyl (C=O) groups excluding carboxylic acids is 1. The first-order valence-corrected chi connectivity index (χ1v) is 11.9. The van der Waals surface area contributed by atoms with E-state index < -0.39 is 0 Å². The summed E-state index contributed by atoms with van der Waals surface area (Å²) >= 11 is 1.41. The molecule has 0 bridgehead atoms. The van der Waals surface area contributed by atoms with Crippen molar-refractivity contribution in [3.63, 3.8) is 0 Å². The molecule has 0 saturated heterocycles. The van der Waals surface area contributed by atoms with Crippen LogP contribution in [0.5, 0.6) is 11.5 Å². The normalized spacial score (nSPS) is 11.1. The number of ether oxygens (including phenoxy) is 3. The Labute approximate surface area is 199 Å². The number of nitrogens with zero attached hydrogens (tertiary/aromatic N) is 4. The molecule has 3 rings (SSSR count). The number of aryl methyl sites for hydroxylation is 1. The molecule has 2 heterocycles. The summed E-state index contributed by atoms with van der Waals surface area (Å²) in [6.07, 6.45) is 0.800. The van der Waals surface area contributed by atoms with Gasteiger partial charge in [0, 0.05) is 49.3 Å². The second-order valence-corrected chi connectivity index (χ2v) is 8.56. The maximum atomic E-state index is 13.0. The number of hydrogen-bond donors (Lipinski definition) is 0. The van der Waals surface area contributed by atoms with Crippen molar-refractivity contribution in [2.24, 2.45) is 0 Å². The predicted octanol–water partition coefficient (Wildman–Crippen LogP) is 4.41. The molecule has 3 aromatic rings. The Morgan fingerprint density at radius 2 is 1.79 bits per heavy atom. The van der Waals surface area contributed by atoms with Gasteiger partial charge in [0.25, 0.3) is 0 Å². The zero-order chi connectivity index (χ0) is 24.0. The Morgan fingerprint density at radius 1 is 1.03 bits per heavy atom. The first-order chi connectivity index (χ1) is 15.9. The lowest BCUT2D eigenvalue weighted by atomic mass is 10.2. The summed E-state index contributed by atoms with van der Waals surface area (Å²) in [4.78, 5) is 13.0. The van der Waals surface area contributed by atoms with Crippen molar-refractivity contribution in [1.29, 1.82) is 0 Å². The van der Waals surface area contributed by atoms with Gasteiger partial charge >= 0.3 is 0 Å². The van der Waals surface area contributed by atoms with Crippen LogP contribution in [-0.4, -0.2) is 58.8 Å².